The molecular weight excluding hydrogens is 304 g/mol. The Morgan fingerprint density at radius 3 is 2.67 bits per heavy atom. The van der Waals surface area contributed by atoms with E-state index in [1.54, 1.807) is 12.1 Å². The zero-order chi connectivity index (χ0) is 13.1. The minimum absolute atomic E-state index is 0.0416. The number of hydrogen-bond acceptors (Lipinski definition) is 2. The van der Waals surface area contributed by atoms with Crippen molar-refractivity contribution in [1.29, 1.82) is 0 Å². The van der Waals surface area contributed by atoms with Crippen molar-refractivity contribution in [2.45, 2.75) is 6.61 Å². The summed E-state index contributed by atoms with van der Waals surface area (Å²) in [6.45, 7) is 0.152. The van der Waals surface area contributed by atoms with Crippen molar-refractivity contribution < 1.29 is 13.5 Å². The van der Waals surface area contributed by atoms with Crippen LogP contribution in [0.25, 0.3) is 0 Å². The molecular formula is C13H10BrF2NO. The van der Waals surface area contributed by atoms with Crippen LogP contribution >= 0.6 is 15.9 Å². The molecule has 2 aromatic rings. The molecule has 0 radical (unpaired) electrons. The molecule has 2 rings (SSSR count). The molecule has 0 fully saturated rings. The Balaban J connectivity index is 2.13. The second-order valence-electron chi connectivity index (χ2n) is 3.72. The lowest BCUT2D eigenvalue weighted by molar-refractivity contribution is 0.302. The van der Waals surface area contributed by atoms with Crippen molar-refractivity contribution in [3.05, 3.63) is 58.1 Å². The lowest BCUT2D eigenvalue weighted by Crippen LogP contribution is -1.98. The fourth-order valence-corrected chi connectivity index (χ4v) is 1.92. The van der Waals surface area contributed by atoms with Crippen LogP contribution in [-0.2, 0) is 6.61 Å². The molecule has 5 heteroatoms. The Bertz CT molecular complexity index is 575. The van der Waals surface area contributed by atoms with Gasteiger partial charge in [-0.05, 0) is 39.7 Å². The van der Waals surface area contributed by atoms with Gasteiger partial charge in [-0.1, -0.05) is 12.1 Å². The van der Waals surface area contributed by atoms with Gasteiger partial charge >= 0.3 is 0 Å². The van der Waals surface area contributed by atoms with Crippen LogP contribution in [0.3, 0.4) is 0 Å². The molecule has 0 unspecified atom stereocenters. The second-order valence-corrected chi connectivity index (χ2v) is 4.58. The SMILES string of the molecule is Nc1cc(Br)c(OCc2cccc(F)c2)cc1F. The van der Waals surface area contributed by atoms with Gasteiger partial charge in [-0.2, -0.15) is 0 Å². The van der Waals surface area contributed by atoms with Crippen LogP contribution < -0.4 is 10.5 Å². The van der Waals surface area contributed by atoms with Gasteiger partial charge in [0.15, 0.2) is 0 Å². The predicted molar refractivity (Wildman–Crippen MR) is 69.2 cm³/mol. The molecule has 94 valence electrons. The van der Waals surface area contributed by atoms with Gasteiger partial charge in [0.05, 0.1) is 10.2 Å². The predicted octanol–water partition coefficient (Wildman–Crippen LogP) is 3.89. The maximum atomic E-state index is 13.3. The Labute approximate surface area is 112 Å². The van der Waals surface area contributed by atoms with Crippen LogP contribution in [0.15, 0.2) is 40.9 Å². The highest BCUT2D eigenvalue weighted by molar-refractivity contribution is 9.10. The van der Waals surface area contributed by atoms with Crippen LogP contribution in [0.5, 0.6) is 5.75 Å². The summed E-state index contributed by atoms with van der Waals surface area (Å²) in [5.74, 6) is -0.558. The number of rotatable bonds is 3. The Kier molecular flexibility index (Phi) is 3.81. The molecule has 18 heavy (non-hydrogen) atoms. The molecule has 0 aromatic heterocycles. The molecule has 0 saturated carbocycles. The number of benzene rings is 2. The highest BCUT2D eigenvalue weighted by atomic mass is 79.9. The molecule has 0 aliphatic heterocycles. The van der Waals surface area contributed by atoms with E-state index in [4.69, 9.17) is 10.5 Å². The van der Waals surface area contributed by atoms with E-state index in [9.17, 15) is 8.78 Å². The van der Waals surface area contributed by atoms with E-state index in [1.807, 2.05) is 0 Å². The zero-order valence-electron chi connectivity index (χ0n) is 9.29. The topological polar surface area (TPSA) is 35.2 Å². The lowest BCUT2D eigenvalue weighted by Gasteiger charge is -2.09. The number of nitrogen functional groups attached to an aromatic ring is 1. The van der Waals surface area contributed by atoms with E-state index in [0.29, 0.717) is 15.8 Å². The molecule has 0 aliphatic rings. The third-order valence-electron chi connectivity index (χ3n) is 2.33. The Hall–Kier alpha value is -1.62. The lowest BCUT2D eigenvalue weighted by atomic mass is 10.2. The minimum atomic E-state index is -0.549. The molecule has 0 saturated heterocycles. The molecule has 2 aromatic carbocycles. The van der Waals surface area contributed by atoms with Crippen LogP contribution in [0.2, 0.25) is 0 Å². The molecule has 0 aliphatic carbocycles. The van der Waals surface area contributed by atoms with E-state index in [-0.39, 0.29) is 18.1 Å². The molecule has 0 amide bonds. The first kappa shape index (κ1) is 12.8. The van der Waals surface area contributed by atoms with Gasteiger partial charge in [-0.15, -0.1) is 0 Å². The minimum Gasteiger partial charge on any atom is -0.488 e. The Morgan fingerprint density at radius 1 is 1.17 bits per heavy atom. The van der Waals surface area contributed by atoms with Crippen LogP contribution in [-0.4, -0.2) is 0 Å². The number of anilines is 1. The first-order valence-corrected chi connectivity index (χ1v) is 5.97. The van der Waals surface area contributed by atoms with E-state index in [2.05, 4.69) is 15.9 Å². The van der Waals surface area contributed by atoms with E-state index in [0.717, 1.165) is 0 Å². The number of ether oxygens (including phenoxy) is 1. The third kappa shape index (κ3) is 2.98. The van der Waals surface area contributed by atoms with Crippen molar-refractivity contribution in [3.63, 3.8) is 0 Å². The smallest absolute Gasteiger partial charge is 0.149 e. The molecule has 0 bridgehead atoms. The van der Waals surface area contributed by atoms with E-state index >= 15 is 0 Å². The van der Waals surface area contributed by atoms with Crippen LogP contribution in [0.1, 0.15) is 5.56 Å². The van der Waals surface area contributed by atoms with Gasteiger partial charge in [-0.25, -0.2) is 8.78 Å². The zero-order valence-corrected chi connectivity index (χ0v) is 10.9. The Morgan fingerprint density at radius 2 is 1.94 bits per heavy atom. The molecule has 0 heterocycles. The summed E-state index contributed by atoms with van der Waals surface area (Å²) >= 11 is 3.22. The quantitative estimate of drug-likeness (QED) is 0.873. The first-order chi connectivity index (χ1) is 8.56. The average molecular weight is 314 g/mol. The van der Waals surface area contributed by atoms with Gasteiger partial charge in [0.25, 0.3) is 0 Å². The van der Waals surface area contributed by atoms with Gasteiger partial charge in [0, 0.05) is 6.07 Å². The normalized spacial score (nSPS) is 10.4. The van der Waals surface area contributed by atoms with Crippen LogP contribution in [0, 0.1) is 11.6 Å². The average Bonchev–Trinajstić information content (AvgIpc) is 2.32. The number of nitrogens with two attached hydrogens (primary N) is 1. The molecule has 0 spiro atoms. The number of halogens is 3. The molecule has 0 atom stereocenters. The monoisotopic (exact) mass is 313 g/mol. The summed E-state index contributed by atoms with van der Waals surface area (Å²) in [7, 11) is 0. The van der Waals surface area contributed by atoms with Crippen molar-refractivity contribution in [2.24, 2.45) is 0 Å². The van der Waals surface area contributed by atoms with E-state index in [1.165, 1.54) is 24.3 Å². The first-order valence-electron chi connectivity index (χ1n) is 5.18. The summed E-state index contributed by atoms with van der Waals surface area (Å²) < 4.78 is 32.2. The number of hydrogen-bond donors (Lipinski definition) is 1. The summed E-state index contributed by atoms with van der Waals surface area (Å²) in [6, 6.07) is 8.65. The molecule has 2 nitrogen and oxygen atoms in total. The summed E-state index contributed by atoms with van der Waals surface area (Å²) in [6.07, 6.45) is 0. The van der Waals surface area contributed by atoms with Crippen molar-refractivity contribution >= 4 is 21.6 Å². The summed E-state index contributed by atoms with van der Waals surface area (Å²) in [5, 5.41) is 0. The van der Waals surface area contributed by atoms with Crippen molar-refractivity contribution in [1.82, 2.24) is 0 Å². The fraction of sp³-hybridized carbons (Fsp3) is 0.0769. The van der Waals surface area contributed by atoms with Gasteiger partial charge in [0.2, 0.25) is 0 Å². The maximum Gasteiger partial charge on any atom is 0.149 e. The van der Waals surface area contributed by atoms with E-state index < -0.39 is 5.82 Å². The van der Waals surface area contributed by atoms with Crippen molar-refractivity contribution in [3.8, 4) is 5.75 Å². The largest absolute Gasteiger partial charge is 0.488 e. The maximum absolute atomic E-state index is 13.3. The third-order valence-corrected chi connectivity index (χ3v) is 2.95. The molecule has 2 N–H and O–H groups in total. The highest BCUT2D eigenvalue weighted by Crippen LogP contribution is 2.29. The van der Waals surface area contributed by atoms with Crippen molar-refractivity contribution in [2.75, 3.05) is 5.73 Å². The standard InChI is InChI=1S/C13H10BrF2NO/c14-10-5-12(17)11(16)6-13(10)18-7-8-2-1-3-9(15)4-8/h1-6H,7,17H2. The fourth-order valence-electron chi connectivity index (χ4n) is 1.44. The van der Waals surface area contributed by atoms with Gasteiger partial charge < -0.3 is 10.5 Å². The summed E-state index contributed by atoms with van der Waals surface area (Å²) in [4.78, 5) is 0. The highest BCUT2D eigenvalue weighted by Gasteiger charge is 2.07. The summed E-state index contributed by atoms with van der Waals surface area (Å²) in [5.41, 5.74) is 6.11. The van der Waals surface area contributed by atoms with Gasteiger partial charge in [-0.3, -0.25) is 0 Å². The van der Waals surface area contributed by atoms with Gasteiger partial charge in [0.1, 0.15) is 24.0 Å². The van der Waals surface area contributed by atoms with Crippen LogP contribution in [0.4, 0.5) is 14.5 Å². The second kappa shape index (κ2) is 5.35.